The van der Waals surface area contributed by atoms with Gasteiger partial charge in [-0.05, 0) is 67.6 Å². The lowest BCUT2D eigenvalue weighted by molar-refractivity contribution is -0.135. The van der Waals surface area contributed by atoms with Gasteiger partial charge >= 0.3 is 0 Å². The van der Waals surface area contributed by atoms with Gasteiger partial charge in [0, 0.05) is 17.8 Å². The van der Waals surface area contributed by atoms with Gasteiger partial charge in [-0.15, -0.1) is 11.3 Å². The minimum absolute atomic E-state index is 0.308. The number of thiophene rings is 1. The van der Waals surface area contributed by atoms with Crippen LogP contribution in [0.5, 0.6) is 0 Å². The summed E-state index contributed by atoms with van der Waals surface area (Å²) in [7, 11) is 0. The molecule has 122 valence electrons. The van der Waals surface area contributed by atoms with Gasteiger partial charge < -0.3 is 10.2 Å². The maximum Gasteiger partial charge on any atom is 0.223 e. The van der Waals surface area contributed by atoms with Gasteiger partial charge in [0.1, 0.15) is 0 Å². The van der Waals surface area contributed by atoms with Crippen LogP contribution in [0.25, 0.3) is 0 Å². The second kappa shape index (κ2) is 7.14. The van der Waals surface area contributed by atoms with Crippen LogP contribution in [0.15, 0.2) is 11.4 Å². The highest BCUT2D eigenvalue weighted by Crippen LogP contribution is 2.36. The van der Waals surface area contributed by atoms with Gasteiger partial charge in [-0.3, -0.25) is 4.79 Å². The lowest BCUT2D eigenvalue weighted by Crippen LogP contribution is -2.41. The van der Waals surface area contributed by atoms with E-state index in [0.717, 1.165) is 38.9 Å². The van der Waals surface area contributed by atoms with Crippen molar-refractivity contribution in [3.63, 3.8) is 0 Å². The van der Waals surface area contributed by atoms with E-state index in [-0.39, 0.29) is 0 Å². The zero-order chi connectivity index (χ0) is 15.5. The fraction of sp³-hybridized carbons (Fsp3) is 0.722. The quantitative estimate of drug-likeness (QED) is 0.919. The summed E-state index contributed by atoms with van der Waals surface area (Å²) in [6.07, 6.45) is 5.23. The van der Waals surface area contributed by atoms with Crippen molar-refractivity contribution in [3.8, 4) is 0 Å². The summed E-state index contributed by atoms with van der Waals surface area (Å²) in [5, 5.41) is 5.60. The molecule has 4 heteroatoms. The molecular formula is C18H28N2OS. The fourth-order valence-corrected chi connectivity index (χ4v) is 5.04. The predicted octanol–water partition coefficient (Wildman–Crippen LogP) is 3.61. The molecular weight excluding hydrogens is 292 g/mol. The summed E-state index contributed by atoms with van der Waals surface area (Å²) in [6.45, 7) is 7.61. The first-order valence-corrected chi connectivity index (χ1v) is 9.65. The summed E-state index contributed by atoms with van der Waals surface area (Å²) >= 11 is 1.85. The molecule has 1 amide bonds. The molecule has 0 saturated carbocycles. The molecule has 3 nitrogen and oxygen atoms in total. The molecule has 3 heterocycles. The number of amides is 1. The first-order valence-electron chi connectivity index (χ1n) is 8.77. The third kappa shape index (κ3) is 3.23. The van der Waals surface area contributed by atoms with Crippen molar-refractivity contribution in [2.24, 2.45) is 11.8 Å². The van der Waals surface area contributed by atoms with Crippen LogP contribution in [-0.2, 0) is 11.2 Å². The highest BCUT2D eigenvalue weighted by Gasteiger charge is 2.32. The Morgan fingerprint density at radius 2 is 2.23 bits per heavy atom. The molecule has 1 fully saturated rings. The van der Waals surface area contributed by atoms with E-state index in [0.29, 0.717) is 23.8 Å². The molecule has 2 aliphatic heterocycles. The van der Waals surface area contributed by atoms with Crippen molar-refractivity contribution < 1.29 is 4.79 Å². The van der Waals surface area contributed by atoms with E-state index in [1.807, 2.05) is 11.3 Å². The van der Waals surface area contributed by atoms with Crippen LogP contribution in [0.4, 0.5) is 0 Å². The molecule has 2 aliphatic rings. The third-order valence-corrected chi connectivity index (χ3v) is 6.48. The average Bonchev–Trinajstić information content (AvgIpc) is 3.03. The molecule has 2 unspecified atom stereocenters. The van der Waals surface area contributed by atoms with Gasteiger partial charge in [-0.2, -0.15) is 0 Å². The number of carbonyl (C=O) groups excluding carboxylic acids is 1. The minimum atomic E-state index is 0.308. The Bertz CT molecular complexity index is 507. The molecule has 0 bridgehead atoms. The molecule has 0 spiro atoms. The molecule has 22 heavy (non-hydrogen) atoms. The maximum absolute atomic E-state index is 12.9. The first kappa shape index (κ1) is 16.0. The zero-order valence-electron chi connectivity index (χ0n) is 13.8. The highest BCUT2D eigenvalue weighted by atomic mass is 32.1. The molecule has 0 radical (unpaired) electrons. The van der Waals surface area contributed by atoms with Crippen LogP contribution < -0.4 is 5.32 Å². The third-order valence-electron chi connectivity index (χ3n) is 5.49. The second-order valence-electron chi connectivity index (χ2n) is 6.83. The van der Waals surface area contributed by atoms with Gasteiger partial charge in [0.2, 0.25) is 5.91 Å². The van der Waals surface area contributed by atoms with Crippen molar-refractivity contribution >= 4 is 17.2 Å². The van der Waals surface area contributed by atoms with E-state index in [2.05, 4.69) is 35.5 Å². The number of carbonyl (C=O) groups is 1. The van der Waals surface area contributed by atoms with Crippen LogP contribution in [0.3, 0.4) is 0 Å². The lowest BCUT2D eigenvalue weighted by atomic mass is 9.83. The van der Waals surface area contributed by atoms with Crippen LogP contribution in [-0.4, -0.2) is 30.4 Å². The highest BCUT2D eigenvalue weighted by molar-refractivity contribution is 7.10. The Kier molecular flexibility index (Phi) is 5.19. The number of rotatable bonds is 4. The number of hydrogen-bond donors (Lipinski definition) is 1. The summed E-state index contributed by atoms with van der Waals surface area (Å²) in [5.41, 5.74) is 1.40. The van der Waals surface area contributed by atoms with E-state index in [4.69, 9.17) is 0 Å². The van der Waals surface area contributed by atoms with Crippen LogP contribution in [0.2, 0.25) is 0 Å². The average molecular weight is 321 g/mol. The molecule has 1 N–H and O–H groups in total. The van der Waals surface area contributed by atoms with Gasteiger partial charge in [0.05, 0.1) is 6.04 Å². The van der Waals surface area contributed by atoms with E-state index < -0.39 is 0 Å². The second-order valence-corrected chi connectivity index (χ2v) is 7.83. The molecule has 3 rings (SSSR count). The van der Waals surface area contributed by atoms with Crippen molar-refractivity contribution in [1.82, 2.24) is 10.2 Å². The summed E-state index contributed by atoms with van der Waals surface area (Å²) in [5.74, 6) is 1.59. The normalized spacial score (nSPS) is 24.1. The van der Waals surface area contributed by atoms with Crippen LogP contribution in [0, 0.1) is 11.8 Å². The standard InChI is InChI=1S/C18H28N2OS/c1-3-16-15-7-11-22-17(15)6-10-20(16)18(21)12-13(2)14-4-8-19-9-5-14/h7,11,13-14,16,19H,3-6,8-10,12H2,1-2H3. The van der Waals surface area contributed by atoms with Gasteiger partial charge in [0.15, 0.2) is 0 Å². The Morgan fingerprint density at radius 1 is 1.45 bits per heavy atom. The number of nitrogens with one attached hydrogen (secondary N) is 1. The first-order chi connectivity index (χ1) is 10.7. The Balaban J connectivity index is 1.64. The molecule has 1 saturated heterocycles. The number of nitrogens with zero attached hydrogens (tertiary/aromatic N) is 1. The van der Waals surface area contributed by atoms with Crippen molar-refractivity contribution in [3.05, 3.63) is 21.9 Å². The number of hydrogen-bond acceptors (Lipinski definition) is 3. The Morgan fingerprint density at radius 3 is 2.95 bits per heavy atom. The van der Waals surface area contributed by atoms with E-state index in [1.165, 1.54) is 23.3 Å². The summed E-state index contributed by atoms with van der Waals surface area (Å²) in [6, 6.07) is 2.53. The Hall–Kier alpha value is -0.870. The van der Waals surface area contributed by atoms with Crippen molar-refractivity contribution in [2.75, 3.05) is 19.6 Å². The Labute approximate surface area is 138 Å². The lowest BCUT2D eigenvalue weighted by Gasteiger charge is -2.37. The summed E-state index contributed by atoms with van der Waals surface area (Å²) < 4.78 is 0. The molecule has 0 aliphatic carbocycles. The maximum atomic E-state index is 12.9. The monoisotopic (exact) mass is 320 g/mol. The van der Waals surface area contributed by atoms with Gasteiger partial charge in [0.25, 0.3) is 0 Å². The summed E-state index contributed by atoms with van der Waals surface area (Å²) in [4.78, 5) is 16.5. The van der Waals surface area contributed by atoms with Gasteiger partial charge in [-0.1, -0.05) is 13.8 Å². The van der Waals surface area contributed by atoms with E-state index >= 15 is 0 Å². The van der Waals surface area contributed by atoms with Gasteiger partial charge in [-0.25, -0.2) is 0 Å². The molecule has 2 atom stereocenters. The fourth-order valence-electron chi connectivity index (χ4n) is 4.11. The smallest absolute Gasteiger partial charge is 0.223 e. The van der Waals surface area contributed by atoms with E-state index in [9.17, 15) is 4.79 Å². The number of fused-ring (bicyclic) bond motifs is 1. The topological polar surface area (TPSA) is 32.3 Å². The van der Waals surface area contributed by atoms with E-state index in [1.54, 1.807) is 0 Å². The molecule has 1 aromatic rings. The molecule has 0 aromatic carbocycles. The van der Waals surface area contributed by atoms with Crippen molar-refractivity contribution in [2.45, 2.75) is 52.0 Å². The largest absolute Gasteiger partial charge is 0.335 e. The van der Waals surface area contributed by atoms with Crippen LogP contribution in [0.1, 0.15) is 56.0 Å². The molecule has 1 aromatic heterocycles. The van der Waals surface area contributed by atoms with Crippen LogP contribution >= 0.6 is 11.3 Å². The zero-order valence-corrected chi connectivity index (χ0v) is 14.6. The van der Waals surface area contributed by atoms with Crippen molar-refractivity contribution in [1.29, 1.82) is 0 Å². The number of piperidine rings is 1. The SMILES string of the molecule is CCC1c2ccsc2CCN1C(=O)CC(C)C1CCNCC1. The predicted molar refractivity (Wildman–Crippen MR) is 92.1 cm³/mol. The minimum Gasteiger partial charge on any atom is -0.335 e.